The number of benzene rings is 2. The first kappa shape index (κ1) is 17.6. The van der Waals surface area contributed by atoms with E-state index >= 15 is 0 Å². The van der Waals surface area contributed by atoms with Crippen LogP contribution in [0.25, 0.3) is 0 Å². The molecule has 2 aromatic carbocycles. The van der Waals surface area contributed by atoms with Crippen molar-refractivity contribution >= 4 is 11.6 Å². The van der Waals surface area contributed by atoms with Gasteiger partial charge >= 0.3 is 0 Å². The lowest BCUT2D eigenvalue weighted by Crippen LogP contribution is -2.21. The van der Waals surface area contributed by atoms with Gasteiger partial charge in [-0.2, -0.15) is 0 Å². The Morgan fingerprint density at radius 1 is 1.13 bits per heavy atom. The van der Waals surface area contributed by atoms with E-state index in [-0.39, 0.29) is 0 Å². The van der Waals surface area contributed by atoms with E-state index in [0.717, 1.165) is 16.1 Å². The number of rotatable bonds is 7. The van der Waals surface area contributed by atoms with Crippen LogP contribution in [0.2, 0.25) is 5.02 Å². The van der Waals surface area contributed by atoms with E-state index in [1.165, 1.54) is 0 Å². The minimum absolute atomic E-state index is 0.398. The number of aryl methyl sites for hydroxylation is 1. The molecule has 1 atom stereocenters. The van der Waals surface area contributed by atoms with E-state index in [9.17, 15) is 5.11 Å². The van der Waals surface area contributed by atoms with Crippen LogP contribution in [0.15, 0.2) is 36.4 Å². The quantitative estimate of drug-likeness (QED) is 0.813. The van der Waals surface area contributed by atoms with Gasteiger partial charge in [0.05, 0.1) is 20.3 Å². The monoisotopic (exact) mass is 335 g/mol. The number of halogens is 1. The zero-order valence-electron chi connectivity index (χ0n) is 13.6. The fourth-order valence-electron chi connectivity index (χ4n) is 2.48. The molecule has 4 nitrogen and oxygen atoms in total. The normalized spacial score (nSPS) is 12.0. The zero-order chi connectivity index (χ0) is 16.8. The van der Waals surface area contributed by atoms with Crippen molar-refractivity contribution < 1.29 is 14.6 Å². The predicted octanol–water partition coefficient (Wildman–Crippen LogP) is 3.49. The average Bonchev–Trinajstić information content (AvgIpc) is 2.53. The fourth-order valence-corrected chi connectivity index (χ4v) is 2.79. The number of nitrogens with one attached hydrogen (secondary N) is 1. The summed E-state index contributed by atoms with van der Waals surface area (Å²) in [5.74, 6) is 1.32. The molecule has 0 spiro atoms. The smallest absolute Gasteiger partial charge is 0.124 e. The summed E-state index contributed by atoms with van der Waals surface area (Å²) in [4.78, 5) is 0. The first-order valence-electron chi connectivity index (χ1n) is 7.40. The van der Waals surface area contributed by atoms with Crippen LogP contribution in [0, 0.1) is 6.92 Å². The lowest BCUT2D eigenvalue weighted by Gasteiger charge is -2.17. The summed E-state index contributed by atoms with van der Waals surface area (Å²) < 4.78 is 10.5. The van der Waals surface area contributed by atoms with Crippen LogP contribution in [-0.4, -0.2) is 25.9 Å². The molecule has 23 heavy (non-hydrogen) atoms. The molecular weight excluding hydrogens is 314 g/mol. The number of hydrogen-bond donors (Lipinski definition) is 2. The summed E-state index contributed by atoms with van der Waals surface area (Å²) in [5, 5.41) is 14.4. The van der Waals surface area contributed by atoms with E-state index < -0.39 is 6.10 Å². The minimum atomic E-state index is -0.694. The van der Waals surface area contributed by atoms with E-state index in [1.54, 1.807) is 32.4 Å². The number of aliphatic hydroxyl groups excluding tert-OH is 1. The molecule has 0 radical (unpaired) electrons. The van der Waals surface area contributed by atoms with E-state index in [0.29, 0.717) is 30.2 Å². The molecular formula is C18H22ClNO3. The standard InChI is InChI=1S/C18H22ClNO3/c1-12-6-13(8-14(19)7-12)10-20-11-17(21)16-9-15(22-2)4-5-18(16)23-3/h4-9,17,20-21H,10-11H2,1-3H3/t17-/m0/s1. The largest absolute Gasteiger partial charge is 0.497 e. The molecule has 0 aromatic heterocycles. The number of ether oxygens (including phenoxy) is 2. The van der Waals surface area contributed by atoms with Gasteiger partial charge in [-0.15, -0.1) is 0 Å². The summed E-state index contributed by atoms with van der Waals surface area (Å²) in [5.41, 5.74) is 2.89. The van der Waals surface area contributed by atoms with Crippen molar-refractivity contribution in [1.82, 2.24) is 5.32 Å². The average molecular weight is 336 g/mol. The Hall–Kier alpha value is -1.75. The van der Waals surface area contributed by atoms with Crippen molar-refractivity contribution in [3.8, 4) is 11.5 Å². The van der Waals surface area contributed by atoms with Gasteiger partial charge in [-0.3, -0.25) is 0 Å². The first-order chi connectivity index (χ1) is 11.0. The highest BCUT2D eigenvalue weighted by Gasteiger charge is 2.14. The molecule has 5 heteroatoms. The number of aliphatic hydroxyl groups is 1. The third-order valence-corrected chi connectivity index (χ3v) is 3.78. The molecule has 124 valence electrons. The highest BCUT2D eigenvalue weighted by Crippen LogP contribution is 2.29. The molecule has 0 fully saturated rings. The summed E-state index contributed by atoms with van der Waals surface area (Å²) in [6, 6.07) is 11.3. The molecule has 0 amide bonds. The van der Waals surface area contributed by atoms with E-state index in [4.69, 9.17) is 21.1 Å². The minimum Gasteiger partial charge on any atom is -0.497 e. The van der Waals surface area contributed by atoms with Crippen LogP contribution in [0.1, 0.15) is 22.8 Å². The lowest BCUT2D eigenvalue weighted by molar-refractivity contribution is 0.169. The van der Waals surface area contributed by atoms with Crippen LogP contribution in [0.5, 0.6) is 11.5 Å². The van der Waals surface area contributed by atoms with Gasteiger partial charge in [0, 0.05) is 23.7 Å². The Balaban J connectivity index is 2.00. The summed E-state index contributed by atoms with van der Waals surface area (Å²) >= 11 is 6.05. The van der Waals surface area contributed by atoms with E-state index in [2.05, 4.69) is 11.4 Å². The Kier molecular flexibility index (Phi) is 6.28. The highest BCUT2D eigenvalue weighted by molar-refractivity contribution is 6.30. The Bertz CT molecular complexity index is 640. The van der Waals surface area contributed by atoms with Gasteiger partial charge in [0.1, 0.15) is 11.5 Å². The van der Waals surface area contributed by atoms with Gasteiger partial charge in [-0.05, 0) is 48.4 Å². The number of methoxy groups -OCH3 is 2. The van der Waals surface area contributed by atoms with Gasteiger partial charge < -0.3 is 19.9 Å². The van der Waals surface area contributed by atoms with Crippen LogP contribution in [-0.2, 0) is 6.54 Å². The second-order valence-electron chi connectivity index (χ2n) is 5.39. The molecule has 2 N–H and O–H groups in total. The molecule has 0 aliphatic heterocycles. The van der Waals surface area contributed by atoms with Crippen molar-refractivity contribution in [3.63, 3.8) is 0 Å². The SMILES string of the molecule is COc1ccc(OC)c([C@@H](O)CNCc2cc(C)cc(Cl)c2)c1. The molecule has 0 saturated carbocycles. The summed E-state index contributed by atoms with van der Waals surface area (Å²) in [7, 11) is 3.18. The van der Waals surface area contributed by atoms with Crippen molar-refractivity contribution in [2.45, 2.75) is 19.6 Å². The topological polar surface area (TPSA) is 50.7 Å². The zero-order valence-corrected chi connectivity index (χ0v) is 14.4. The second-order valence-corrected chi connectivity index (χ2v) is 5.83. The van der Waals surface area contributed by atoms with Gasteiger partial charge in [0.25, 0.3) is 0 Å². The van der Waals surface area contributed by atoms with Crippen LogP contribution < -0.4 is 14.8 Å². The third-order valence-electron chi connectivity index (χ3n) is 3.56. The molecule has 2 aromatic rings. The Morgan fingerprint density at radius 3 is 2.57 bits per heavy atom. The first-order valence-corrected chi connectivity index (χ1v) is 7.78. The van der Waals surface area contributed by atoms with E-state index in [1.807, 2.05) is 19.1 Å². The van der Waals surface area contributed by atoms with Gasteiger partial charge in [0.2, 0.25) is 0 Å². The van der Waals surface area contributed by atoms with Crippen molar-refractivity contribution in [2.24, 2.45) is 0 Å². The van der Waals surface area contributed by atoms with Crippen molar-refractivity contribution in [1.29, 1.82) is 0 Å². The molecule has 0 aliphatic carbocycles. The Morgan fingerprint density at radius 2 is 1.91 bits per heavy atom. The fraction of sp³-hybridized carbons (Fsp3) is 0.333. The van der Waals surface area contributed by atoms with Crippen LogP contribution >= 0.6 is 11.6 Å². The lowest BCUT2D eigenvalue weighted by atomic mass is 10.1. The van der Waals surface area contributed by atoms with Gasteiger partial charge in [-0.1, -0.05) is 17.7 Å². The maximum Gasteiger partial charge on any atom is 0.124 e. The maximum atomic E-state index is 10.4. The van der Waals surface area contributed by atoms with Gasteiger partial charge in [-0.25, -0.2) is 0 Å². The van der Waals surface area contributed by atoms with Crippen molar-refractivity contribution in [2.75, 3.05) is 20.8 Å². The van der Waals surface area contributed by atoms with Crippen LogP contribution in [0.3, 0.4) is 0 Å². The highest BCUT2D eigenvalue weighted by atomic mass is 35.5. The Labute approximate surface area is 142 Å². The maximum absolute atomic E-state index is 10.4. The van der Waals surface area contributed by atoms with Gasteiger partial charge in [0.15, 0.2) is 0 Å². The molecule has 0 aliphatic rings. The predicted molar refractivity (Wildman–Crippen MR) is 92.4 cm³/mol. The molecule has 2 rings (SSSR count). The van der Waals surface area contributed by atoms with Crippen molar-refractivity contribution in [3.05, 3.63) is 58.1 Å². The van der Waals surface area contributed by atoms with Crippen LogP contribution in [0.4, 0.5) is 0 Å². The summed E-state index contributed by atoms with van der Waals surface area (Å²) in [6.45, 7) is 3.03. The third kappa shape index (κ3) is 4.86. The molecule has 0 heterocycles. The summed E-state index contributed by atoms with van der Waals surface area (Å²) in [6.07, 6.45) is -0.694. The molecule has 0 bridgehead atoms. The number of hydrogen-bond acceptors (Lipinski definition) is 4. The second kappa shape index (κ2) is 8.20. The molecule has 0 unspecified atom stereocenters. The molecule has 0 saturated heterocycles.